The van der Waals surface area contributed by atoms with E-state index in [1.54, 1.807) is 0 Å². The van der Waals surface area contributed by atoms with Crippen molar-refractivity contribution in [3.63, 3.8) is 0 Å². The maximum Gasteiger partial charge on any atom is 0.0559 e. The molecule has 1 N–H and O–H groups in total. The summed E-state index contributed by atoms with van der Waals surface area (Å²) in [5.41, 5.74) is 4.21. The van der Waals surface area contributed by atoms with E-state index >= 15 is 0 Å². The molecule has 1 aromatic rings. The van der Waals surface area contributed by atoms with E-state index in [1.807, 2.05) is 0 Å². The molecule has 0 spiro atoms. The van der Waals surface area contributed by atoms with Gasteiger partial charge < -0.3 is 10.1 Å². The minimum atomic E-state index is 0.331. The second-order valence-electron chi connectivity index (χ2n) is 4.98. The van der Waals surface area contributed by atoms with Crippen LogP contribution in [0.25, 0.3) is 0 Å². The van der Waals surface area contributed by atoms with Gasteiger partial charge in [0.05, 0.1) is 13.2 Å². The highest BCUT2D eigenvalue weighted by atomic mass is 16.5. The Morgan fingerprint density at radius 1 is 1.33 bits per heavy atom. The van der Waals surface area contributed by atoms with Crippen LogP contribution >= 0.6 is 0 Å². The van der Waals surface area contributed by atoms with Crippen LogP contribution in [0.5, 0.6) is 0 Å². The molecule has 0 aromatic heterocycles. The first kappa shape index (κ1) is 10.5. The van der Waals surface area contributed by atoms with Gasteiger partial charge in [-0.2, -0.15) is 0 Å². The van der Waals surface area contributed by atoms with Crippen LogP contribution in [0.2, 0.25) is 0 Å². The smallest absolute Gasteiger partial charge is 0.0559 e. The summed E-state index contributed by atoms with van der Waals surface area (Å²) in [5.74, 6) is 0. The Bertz CT molecular complexity index is 356. The average molecular weight is 205 g/mol. The van der Waals surface area contributed by atoms with E-state index in [9.17, 15) is 0 Å². The van der Waals surface area contributed by atoms with Crippen molar-refractivity contribution >= 4 is 5.69 Å². The van der Waals surface area contributed by atoms with Gasteiger partial charge in [0, 0.05) is 17.6 Å². The van der Waals surface area contributed by atoms with E-state index in [1.165, 1.54) is 16.8 Å². The van der Waals surface area contributed by atoms with Crippen LogP contribution in [-0.2, 0) is 4.74 Å². The van der Waals surface area contributed by atoms with Gasteiger partial charge in [0.25, 0.3) is 0 Å². The van der Waals surface area contributed by atoms with E-state index in [4.69, 9.17) is 4.74 Å². The molecular weight excluding hydrogens is 186 g/mol. The van der Waals surface area contributed by atoms with Gasteiger partial charge in [-0.15, -0.1) is 0 Å². The van der Waals surface area contributed by atoms with Gasteiger partial charge in [-0.1, -0.05) is 24.6 Å². The number of aryl methyl sites for hydroxylation is 2. The lowest BCUT2D eigenvalue weighted by Gasteiger charge is -2.38. The van der Waals surface area contributed by atoms with Crippen molar-refractivity contribution in [3.05, 3.63) is 29.3 Å². The Morgan fingerprint density at radius 3 is 2.60 bits per heavy atom. The molecule has 0 amide bonds. The molecular formula is C13H19NO. The SMILES string of the molecule is Cc1ccc(NCC2(C)COC2)c(C)c1. The van der Waals surface area contributed by atoms with E-state index < -0.39 is 0 Å². The van der Waals surface area contributed by atoms with Crippen molar-refractivity contribution < 1.29 is 4.74 Å². The molecule has 1 aromatic carbocycles. The van der Waals surface area contributed by atoms with Crippen molar-refractivity contribution in [2.75, 3.05) is 25.1 Å². The summed E-state index contributed by atoms with van der Waals surface area (Å²) in [6.45, 7) is 9.28. The fraction of sp³-hybridized carbons (Fsp3) is 0.538. The van der Waals surface area contributed by atoms with Crippen molar-refractivity contribution in [1.29, 1.82) is 0 Å². The number of nitrogens with one attached hydrogen (secondary N) is 1. The highest BCUT2D eigenvalue weighted by Crippen LogP contribution is 2.27. The number of anilines is 1. The van der Waals surface area contributed by atoms with Gasteiger partial charge >= 0.3 is 0 Å². The lowest BCUT2D eigenvalue weighted by Crippen LogP contribution is -2.45. The molecule has 0 aliphatic carbocycles. The average Bonchev–Trinajstić information content (AvgIpc) is 2.14. The zero-order valence-electron chi connectivity index (χ0n) is 9.76. The highest BCUT2D eigenvalue weighted by Gasteiger charge is 2.32. The number of benzene rings is 1. The second-order valence-corrected chi connectivity index (χ2v) is 4.98. The molecule has 0 bridgehead atoms. The Kier molecular flexibility index (Phi) is 2.70. The predicted molar refractivity (Wildman–Crippen MR) is 63.3 cm³/mol. The van der Waals surface area contributed by atoms with Gasteiger partial charge in [-0.25, -0.2) is 0 Å². The summed E-state index contributed by atoms with van der Waals surface area (Å²) in [4.78, 5) is 0. The lowest BCUT2D eigenvalue weighted by atomic mass is 9.88. The topological polar surface area (TPSA) is 21.3 Å². The largest absolute Gasteiger partial charge is 0.384 e. The van der Waals surface area contributed by atoms with E-state index in [0.29, 0.717) is 5.41 Å². The zero-order chi connectivity index (χ0) is 10.9. The van der Waals surface area contributed by atoms with Gasteiger partial charge in [-0.05, 0) is 25.5 Å². The number of ether oxygens (including phenoxy) is 1. The van der Waals surface area contributed by atoms with Crippen LogP contribution in [0.4, 0.5) is 5.69 Å². The highest BCUT2D eigenvalue weighted by molar-refractivity contribution is 5.52. The third-order valence-corrected chi connectivity index (χ3v) is 2.99. The Morgan fingerprint density at radius 2 is 2.07 bits per heavy atom. The minimum absolute atomic E-state index is 0.331. The van der Waals surface area contributed by atoms with Gasteiger partial charge in [-0.3, -0.25) is 0 Å². The summed E-state index contributed by atoms with van der Waals surface area (Å²) in [5, 5.41) is 3.50. The van der Waals surface area contributed by atoms with Crippen LogP contribution in [-0.4, -0.2) is 19.8 Å². The van der Waals surface area contributed by atoms with Crippen LogP contribution in [0, 0.1) is 19.3 Å². The summed E-state index contributed by atoms with van der Waals surface area (Å²) in [6.07, 6.45) is 0. The standard InChI is InChI=1S/C13H19NO/c1-10-4-5-12(11(2)6-10)14-7-13(3)8-15-9-13/h4-6,14H,7-9H2,1-3H3. The van der Waals surface area contributed by atoms with E-state index in [2.05, 4.69) is 44.3 Å². The zero-order valence-corrected chi connectivity index (χ0v) is 9.76. The molecule has 1 aliphatic rings. The Labute approximate surface area is 91.6 Å². The first-order valence-electron chi connectivity index (χ1n) is 5.48. The minimum Gasteiger partial charge on any atom is -0.384 e. The molecule has 0 unspecified atom stereocenters. The maximum atomic E-state index is 5.24. The molecule has 0 atom stereocenters. The molecule has 1 saturated heterocycles. The van der Waals surface area contributed by atoms with Crippen molar-refractivity contribution in [1.82, 2.24) is 0 Å². The molecule has 1 heterocycles. The van der Waals surface area contributed by atoms with Crippen molar-refractivity contribution in [2.24, 2.45) is 5.41 Å². The van der Waals surface area contributed by atoms with Crippen LogP contribution in [0.1, 0.15) is 18.1 Å². The van der Waals surface area contributed by atoms with E-state index in [-0.39, 0.29) is 0 Å². The maximum absolute atomic E-state index is 5.24. The van der Waals surface area contributed by atoms with Gasteiger partial charge in [0.15, 0.2) is 0 Å². The molecule has 0 radical (unpaired) electrons. The fourth-order valence-electron chi connectivity index (χ4n) is 1.87. The molecule has 1 fully saturated rings. The molecule has 82 valence electrons. The number of hydrogen-bond acceptors (Lipinski definition) is 2. The van der Waals surface area contributed by atoms with Gasteiger partial charge in [0.2, 0.25) is 0 Å². The Hall–Kier alpha value is -1.02. The molecule has 2 heteroatoms. The fourth-order valence-corrected chi connectivity index (χ4v) is 1.87. The summed E-state index contributed by atoms with van der Waals surface area (Å²) >= 11 is 0. The molecule has 2 nitrogen and oxygen atoms in total. The Balaban J connectivity index is 1.98. The molecule has 1 aliphatic heterocycles. The first-order chi connectivity index (χ1) is 7.09. The van der Waals surface area contributed by atoms with E-state index in [0.717, 1.165) is 19.8 Å². The number of rotatable bonds is 3. The molecule has 15 heavy (non-hydrogen) atoms. The third-order valence-electron chi connectivity index (χ3n) is 2.99. The summed E-state index contributed by atoms with van der Waals surface area (Å²) < 4.78 is 5.24. The number of hydrogen-bond donors (Lipinski definition) is 1. The lowest BCUT2D eigenvalue weighted by molar-refractivity contribution is -0.0924. The molecule has 0 saturated carbocycles. The van der Waals surface area contributed by atoms with Gasteiger partial charge in [0.1, 0.15) is 0 Å². The van der Waals surface area contributed by atoms with Crippen LogP contribution in [0.15, 0.2) is 18.2 Å². The van der Waals surface area contributed by atoms with Crippen LogP contribution in [0.3, 0.4) is 0 Å². The summed E-state index contributed by atoms with van der Waals surface area (Å²) in [6, 6.07) is 6.52. The third kappa shape index (κ3) is 2.32. The summed E-state index contributed by atoms with van der Waals surface area (Å²) in [7, 11) is 0. The second kappa shape index (κ2) is 3.86. The van der Waals surface area contributed by atoms with Crippen molar-refractivity contribution in [3.8, 4) is 0 Å². The quantitative estimate of drug-likeness (QED) is 0.819. The molecule has 2 rings (SSSR count). The first-order valence-corrected chi connectivity index (χ1v) is 5.48. The van der Waals surface area contributed by atoms with Crippen molar-refractivity contribution in [2.45, 2.75) is 20.8 Å². The monoisotopic (exact) mass is 205 g/mol. The van der Waals surface area contributed by atoms with Crippen LogP contribution < -0.4 is 5.32 Å². The predicted octanol–water partition coefficient (Wildman–Crippen LogP) is 2.75. The normalized spacial score (nSPS) is 18.3.